The van der Waals surface area contributed by atoms with Crippen LogP contribution in [-0.4, -0.2) is 99.6 Å². The van der Waals surface area contributed by atoms with E-state index in [0.29, 0.717) is 18.9 Å². The Morgan fingerprint density at radius 2 is 1.62 bits per heavy atom. The number of nitrogens with two attached hydrogens (primary N) is 1. The molecule has 10 nitrogen and oxygen atoms in total. The number of hydrogen-bond donors (Lipinski definition) is 2. The minimum absolute atomic E-state index is 0.0151. The van der Waals surface area contributed by atoms with E-state index in [1.807, 2.05) is 0 Å². The van der Waals surface area contributed by atoms with Gasteiger partial charge in [-0.2, -0.15) is 0 Å². The van der Waals surface area contributed by atoms with Crippen LogP contribution >= 0.6 is 0 Å². The van der Waals surface area contributed by atoms with Gasteiger partial charge in [0.2, 0.25) is 21.8 Å². The van der Waals surface area contributed by atoms with Gasteiger partial charge in [-0.1, -0.05) is 26.0 Å². The Balaban J connectivity index is 1.97. The zero-order chi connectivity index (χ0) is 27.4. The molecule has 0 bridgehead atoms. The smallest absolute Gasteiger partial charge is 0.242 e. The van der Waals surface area contributed by atoms with Crippen LogP contribution in [0.25, 0.3) is 0 Å². The number of carbonyl (C=O) groups is 3. The third-order valence-electron chi connectivity index (χ3n) is 6.42. The van der Waals surface area contributed by atoms with Gasteiger partial charge in [0, 0.05) is 26.2 Å². The lowest BCUT2D eigenvalue weighted by molar-refractivity contribution is -0.141. The molecule has 2 rings (SSSR count). The minimum atomic E-state index is -3.78. The van der Waals surface area contributed by atoms with Gasteiger partial charge in [0.15, 0.2) is 0 Å². The molecule has 0 spiro atoms. The van der Waals surface area contributed by atoms with Gasteiger partial charge >= 0.3 is 0 Å². The Kier molecular flexibility index (Phi) is 12.7. The molecular weight excluding hydrogens is 494 g/mol. The second-order valence-electron chi connectivity index (χ2n) is 10.2. The maximum Gasteiger partial charge on any atom is 0.242 e. The van der Waals surface area contributed by atoms with Crippen LogP contribution < -0.4 is 10.5 Å². The normalized spacial score (nSPS) is 14.2. The molecule has 3 N–H and O–H groups in total. The van der Waals surface area contributed by atoms with E-state index in [1.54, 1.807) is 17.0 Å². The van der Waals surface area contributed by atoms with Crippen LogP contribution in [0.1, 0.15) is 45.6 Å². The topological polar surface area (TPSA) is 133 Å². The highest BCUT2D eigenvalue weighted by atomic mass is 32.2. The second-order valence-corrected chi connectivity index (χ2v) is 11.7. The van der Waals surface area contributed by atoms with Crippen molar-refractivity contribution >= 4 is 27.6 Å². The van der Waals surface area contributed by atoms with E-state index >= 15 is 0 Å². The number of sulfonamides is 1. The Morgan fingerprint density at radius 3 is 2.19 bits per heavy atom. The summed E-state index contributed by atoms with van der Waals surface area (Å²) in [5.74, 6) is -0.189. The molecule has 1 saturated heterocycles. The zero-order valence-electron chi connectivity index (χ0n) is 22.4. The number of ketones is 1. The number of likely N-dealkylation sites (tertiary alicyclic amines) is 1. The Bertz CT molecular complexity index is 991. The van der Waals surface area contributed by atoms with Crippen LogP contribution in [0.4, 0.5) is 0 Å². The molecule has 1 aromatic carbocycles. The van der Waals surface area contributed by atoms with Crippen LogP contribution in [0.2, 0.25) is 0 Å². The lowest BCUT2D eigenvalue weighted by Gasteiger charge is -2.28. The highest BCUT2D eigenvalue weighted by molar-refractivity contribution is 7.89. The summed E-state index contributed by atoms with van der Waals surface area (Å²) in [6.07, 6.45) is 3.65. The fraction of sp³-hybridized carbons (Fsp3) is 0.654. The van der Waals surface area contributed by atoms with Crippen LogP contribution in [0, 0.1) is 5.92 Å². The number of amides is 2. The first kappa shape index (κ1) is 30.9. The highest BCUT2D eigenvalue weighted by Crippen LogP contribution is 2.11. The molecule has 1 fully saturated rings. The molecule has 0 atom stereocenters. The molecule has 1 aromatic rings. The Labute approximate surface area is 221 Å². The SMILES string of the molecule is CC(=O)CN(CCc1ccc(S(N)(=O)=O)cc1)C(=O)CN(CCC(C)C)C(=O)CNCCN1CCCC1. The van der Waals surface area contributed by atoms with E-state index < -0.39 is 10.0 Å². The summed E-state index contributed by atoms with van der Waals surface area (Å²) in [6, 6.07) is 6.13. The van der Waals surface area contributed by atoms with Crippen molar-refractivity contribution in [2.45, 2.75) is 51.3 Å². The maximum atomic E-state index is 13.2. The third kappa shape index (κ3) is 11.7. The van der Waals surface area contributed by atoms with E-state index in [4.69, 9.17) is 5.14 Å². The monoisotopic (exact) mass is 537 g/mol. The number of benzene rings is 1. The predicted molar refractivity (Wildman–Crippen MR) is 143 cm³/mol. The largest absolute Gasteiger partial charge is 0.334 e. The summed E-state index contributed by atoms with van der Waals surface area (Å²) in [4.78, 5) is 43.5. The van der Waals surface area contributed by atoms with Gasteiger partial charge in [-0.15, -0.1) is 0 Å². The van der Waals surface area contributed by atoms with Gasteiger partial charge in [0.1, 0.15) is 5.78 Å². The number of rotatable bonds is 16. The lowest BCUT2D eigenvalue weighted by atomic mass is 10.1. The average Bonchev–Trinajstić information content (AvgIpc) is 3.34. The van der Waals surface area contributed by atoms with Crippen molar-refractivity contribution in [1.29, 1.82) is 0 Å². The van der Waals surface area contributed by atoms with E-state index in [0.717, 1.165) is 38.2 Å². The van der Waals surface area contributed by atoms with Crippen molar-refractivity contribution in [2.24, 2.45) is 11.1 Å². The fourth-order valence-electron chi connectivity index (χ4n) is 4.19. The van der Waals surface area contributed by atoms with E-state index in [2.05, 4.69) is 24.1 Å². The van der Waals surface area contributed by atoms with Gasteiger partial charge in [0.25, 0.3) is 0 Å². The quantitative estimate of drug-likeness (QED) is 0.299. The first-order valence-corrected chi connectivity index (χ1v) is 14.6. The van der Waals surface area contributed by atoms with Gasteiger partial charge in [-0.25, -0.2) is 13.6 Å². The molecule has 11 heteroatoms. The predicted octanol–water partition coefficient (Wildman–Crippen LogP) is 0.854. The van der Waals surface area contributed by atoms with Crippen molar-refractivity contribution in [3.63, 3.8) is 0 Å². The minimum Gasteiger partial charge on any atom is -0.334 e. The number of carbonyl (C=O) groups excluding carboxylic acids is 3. The molecule has 37 heavy (non-hydrogen) atoms. The van der Waals surface area contributed by atoms with E-state index in [-0.39, 0.29) is 48.7 Å². The molecule has 0 saturated carbocycles. The van der Waals surface area contributed by atoms with Gasteiger partial charge in [-0.05, 0) is 69.3 Å². The molecule has 1 aliphatic rings. The number of primary sulfonamides is 1. The molecule has 0 unspecified atom stereocenters. The molecular formula is C26H43N5O5S. The second kappa shape index (κ2) is 15.2. The Morgan fingerprint density at radius 1 is 1.00 bits per heavy atom. The average molecular weight is 538 g/mol. The van der Waals surface area contributed by atoms with Crippen molar-refractivity contribution in [2.75, 3.05) is 58.9 Å². The van der Waals surface area contributed by atoms with Crippen molar-refractivity contribution in [1.82, 2.24) is 20.0 Å². The highest BCUT2D eigenvalue weighted by Gasteiger charge is 2.22. The van der Waals surface area contributed by atoms with Gasteiger partial charge < -0.3 is 20.0 Å². The fourth-order valence-corrected chi connectivity index (χ4v) is 4.71. The maximum absolute atomic E-state index is 13.2. The van der Waals surface area contributed by atoms with Crippen LogP contribution in [-0.2, 0) is 30.8 Å². The van der Waals surface area contributed by atoms with Crippen molar-refractivity contribution < 1.29 is 22.8 Å². The summed E-state index contributed by atoms with van der Waals surface area (Å²) in [5.41, 5.74) is 0.809. The Hall–Kier alpha value is -2.34. The number of nitrogens with zero attached hydrogens (tertiary/aromatic N) is 3. The van der Waals surface area contributed by atoms with Crippen LogP contribution in [0.5, 0.6) is 0 Å². The lowest BCUT2D eigenvalue weighted by Crippen LogP contribution is -2.48. The first-order valence-electron chi connectivity index (χ1n) is 13.1. The van der Waals surface area contributed by atoms with Crippen LogP contribution in [0.3, 0.4) is 0 Å². The van der Waals surface area contributed by atoms with Gasteiger partial charge in [0.05, 0.1) is 24.5 Å². The summed E-state index contributed by atoms with van der Waals surface area (Å²) >= 11 is 0. The standard InChI is InChI=1S/C26H43N5O5S/c1-21(2)10-15-31(25(33)18-28-12-17-29-13-4-5-14-29)20-26(34)30(19-22(3)32)16-11-23-6-8-24(9-7-23)37(27,35)36/h6-9,21,28H,4-5,10-20H2,1-3H3,(H2,27,35,36). The zero-order valence-corrected chi connectivity index (χ0v) is 23.3. The van der Waals surface area contributed by atoms with Gasteiger partial charge in [-0.3, -0.25) is 14.4 Å². The summed E-state index contributed by atoms with van der Waals surface area (Å²) in [6.45, 7) is 10.2. The first-order chi connectivity index (χ1) is 17.5. The van der Waals surface area contributed by atoms with Crippen molar-refractivity contribution in [3.05, 3.63) is 29.8 Å². The number of hydrogen-bond acceptors (Lipinski definition) is 7. The molecule has 1 aliphatic heterocycles. The number of nitrogens with one attached hydrogen (secondary N) is 1. The summed E-state index contributed by atoms with van der Waals surface area (Å²) < 4.78 is 22.9. The van der Waals surface area contributed by atoms with Crippen LogP contribution in [0.15, 0.2) is 29.2 Å². The molecule has 0 aromatic heterocycles. The molecule has 1 heterocycles. The molecule has 0 aliphatic carbocycles. The molecule has 0 radical (unpaired) electrons. The summed E-state index contributed by atoms with van der Waals surface area (Å²) in [7, 11) is -3.78. The van der Waals surface area contributed by atoms with Crippen molar-refractivity contribution in [3.8, 4) is 0 Å². The molecule has 2 amide bonds. The van der Waals surface area contributed by atoms with E-state index in [9.17, 15) is 22.8 Å². The third-order valence-corrected chi connectivity index (χ3v) is 7.35. The molecule has 208 valence electrons. The number of Topliss-reactive ketones (excluding diaryl/α,β-unsaturated/α-hetero) is 1. The van der Waals surface area contributed by atoms with E-state index in [1.165, 1.54) is 36.8 Å². The summed E-state index contributed by atoms with van der Waals surface area (Å²) in [5, 5.41) is 8.36.